The first kappa shape index (κ1) is 16.2. The summed E-state index contributed by atoms with van der Waals surface area (Å²) in [4.78, 5) is 2.29. The van der Waals surface area contributed by atoms with Crippen molar-refractivity contribution in [3.05, 3.63) is 23.8 Å². The van der Waals surface area contributed by atoms with E-state index in [2.05, 4.69) is 18.7 Å². The Kier molecular flexibility index (Phi) is 4.57. The quantitative estimate of drug-likeness (QED) is 0.893. The molecule has 2 N–H and O–H groups in total. The van der Waals surface area contributed by atoms with Crippen molar-refractivity contribution in [3.63, 3.8) is 0 Å². The molecule has 0 aromatic heterocycles. The summed E-state index contributed by atoms with van der Waals surface area (Å²) in [6.07, 6.45) is 0. The number of rotatable bonds is 4. The van der Waals surface area contributed by atoms with E-state index in [4.69, 9.17) is 14.6 Å². The van der Waals surface area contributed by atoms with E-state index < -0.39 is 10.0 Å². The zero-order valence-corrected chi connectivity index (χ0v) is 13.4. The Hall–Kier alpha value is -1.15. The summed E-state index contributed by atoms with van der Waals surface area (Å²) >= 11 is 0. The summed E-state index contributed by atoms with van der Waals surface area (Å²) in [5.74, 6) is 0.263. The van der Waals surface area contributed by atoms with Gasteiger partial charge in [-0.05, 0) is 31.5 Å². The Bertz CT molecular complexity index is 607. The van der Waals surface area contributed by atoms with Crippen molar-refractivity contribution in [1.29, 1.82) is 0 Å². The van der Waals surface area contributed by atoms with Gasteiger partial charge in [0.05, 0.1) is 20.3 Å². The zero-order chi connectivity index (χ0) is 15.7. The summed E-state index contributed by atoms with van der Waals surface area (Å²) < 4.78 is 33.9. The highest BCUT2D eigenvalue weighted by Crippen LogP contribution is 2.33. The fourth-order valence-corrected chi connectivity index (χ4v) is 3.31. The zero-order valence-electron chi connectivity index (χ0n) is 12.6. The van der Waals surface area contributed by atoms with Crippen molar-refractivity contribution < 1.29 is 17.9 Å². The highest BCUT2D eigenvalue weighted by atomic mass is 32.2. The number of nitrogens with zero attached hydrogens (tertiary/aromatic N) is 1. The lowest BCUT2D eigenvalue weighted by Gasteiger charge is -2.41. The molecule has 118 valence electrons. The molecule has 0 unspecified atom stereocenters. The first-order valence-electron chi connectivity index (χ1n) is 6.81. The third kappa shape index (κ3) is 3.37. The van der Waals surface area contributed by atoms with Crippen LogP contribution in [0.5, 0.6) is 5.75 Å². The van der Waals surface area contributed by atoms with Crippen molar-refractivity contribution in [2.75, 3.05) is 33.4 Å². The Labute approximate surface area is 125 Å². The van der Waals surface area contributed by atoms with Crippen LogP contribution in [-0.2, 0) is 20.3 Å². The highest BCUT2D eigenvalue weighted by Gasteiger charge is 2.31. The number of nitrogens with two attached hydrogens (primary N) is 1. The van der Waals surface area contributed by atoms with E-state index in [0.29, 0.717) is 13.2 Å². The van der Waals surface area contributed by atoms with Gasteiger partial charge in [0.1, 0.15) is 10.6 Å². The second-order valence-corrected chi connectivity index (χ2v) is 7.10. The molecular formula is C14H22N2O4S. The average Bonchev–Trinajstić information content (AvgIpc) is 2.46. The van der Waals surface area contributed by atoms with Crippen LogP contribution in [0.3, 0.4) is 0 Å². The van der Waals surface area contributed by atoms with Crippen LogP contribution in [0.4, 0.5) is 0 Å². The lowest BCUT2D eigenvalue weighted by Crippen LogP contribution is -2.48. The van der Waals surface area contributed by atoms with E-state index >= 15 is 0 Å². The van der Waals surface area contributed by atoms with Gasteiger partial charge in [-0.1, -0.05) is 6.07 Å². The molecule has 6 nitrogen and oxygen atoms in total. The number of morpholine rings is 1. The maximum atomic E-state index is 11.7. The number of methoxy groups -OCH3 is 1. The lowest BCUT2D eigenvalue weighted by molar-refractivity contribution is -0.0118. The number of hydrogen-bond acceptors (Lipinski definition) is 5. The number of sulfonamides is 1. The van der Waals surface area contributed by atoms with Crippen molar-refractivity contribution >= 4 is 10.0 Å². The van der Waals surface area contributed by atoms with Crippen LogP contribution in [0.2, 0.25) is 0 Å². The van der Waals surface area contributed by atoms with Crippen LogP contribution in [0, 0.1) is 0 Å². The van der Waals surface area contributed by atoms with Crippen molar-refractivity contribution in [1.82, 2.24) is 4.90 Å². The molecule has 0 radical (unpaired) electrons. The molecule has 0 spiro atoms. The molecule has 0 amide bonds. The molecule has 2 rings (SSSR count). The van der Waals surface area contributed by atoms with Crippen LogP contribution >= 0.6 is 0 Å². The van der Waals surface area contributed by atoms with Gasteiger partial charge < -0.3 is 9.47 Å². The largest absolute Gasteiger partial charge is 0.495 e. The summed E-state index contributed by atoms with van der Waals surface area (Å²) in [5, 5.41) is 5.28. The van der Waals surface area contributed by atoms with E-state index in [1.807, 2.05) is 6.07 Å². The maximum Gasteiger partial charge on any atom is 0.241 e. The van der Waals surface area contributed by atoms with Crippen LogP contribution in [0.15, 0.2) is 23.1 Å². The second kappa shape index (κ2) is 5.92. The van der Waals surface area contributed by atoms with Gasteiger partial charge in [0.25, 0.3) is 0 Å². The van der Waals surface area contributed by atoms with E-state index in [0.717, 1.165) is 18.7 Å². The molecule has 1 aromatic carbocycles. The lowest BCUT2D eigenvalue weighted by atomic mass is 9.91. The smallest absolute Gasteiger partial charge is 0.241 e. The highest BCUT2D eigenvalue weighted by molar-refractivity contribution is 7.89. The second-order valence-electron chi connectivity index (χ2n) is 5.57. The van der Waals surface area contributed by atoms with Crippen LogP contribution in [0.25, 0.3) is 0 Å². The Morgan fingerprint density at radius 1 is 1.29 bits per heavy atom. The molecule has 1 aliphatic rings. The summed E-state index contributed by atoms with van der Waals surface area (Å²) in [7, 11) is -2.40. The first-order valence-corrected chi connectivity index (χ1v) is 8.35. The van der Waals surface area contributed by atoms with Gasteiger partial charge in [-0.3, -0.25) is 4.90 Å². The molecule has 1 aromatic rings. The average molecular weight is 314 g/mol. The molecule has 1 saturated heterocycles. The predicted octanol–water partition coefficient (Wildman–Crippen LogP) is 0.910. The van der Waals surface area contributed by atoms with Gasteiger partial charge in [-0.25, -0.2) is 13.6 Å². The van der Waals surface area contributed by atoms with Gasteiger partial charge in [0.15, 0.2) is 0 Å². The third-order valence-corrected chi connectivity index (χ3v) is 4.91. The number of ether oxygens (including phenoxy) is 2. The fraction of sp³-hybridized carbons (Fsp3) is 0.571. The van der Waals surface area contributed by atoms with Gasteiger partial charge in [0.2, 0.25) is 10.0 Å². The van der Waals surface area contributed by atoms with Gasteiger partial charge in [-0.15, -0.1) is 0 Å². The molecule has 0 saturated carbocycles. The normalized spacial score (nSPS) is 17.7. The van der Waals surface area contributed by atoms with Crippen LogP contribution in [-0.4, -0.2) is 46.7 Å². The Balaban J connectivity index is 2.44. The molecule has 0 bridgehead atoms. The number of hydrogen-bond donors (Lipinski definition) is 1. The van der Waals surface area contributed by atoms with E-state index in [9.17, 15) is 8.42 Å². The van der Waals surface area contributed by atoms with Gasteiger partial charge in [0, 0.05) is 18.6 Å². The SMILES string of the molecule is COc1ccc(C(C)(C)N2CCOCC2)cc1S(N)(=O)=O. The molecule has 1 heterocycles. The maximum absolute atomic E-state index is 11.7. The molecule has 1 aliphatic heterocycles. The minimum Gasteiger partial charge on any atom is -0.495 e. The number of primary sulfonamides is 1. The molecule has 7 heteroatoms. The van der Waals surface area contributed by atoms with Crippen LogP contribution in [0.1, 0.15) is 19.4 Å². The van der Waals surface area contributed by atoms with E-state index in [1.165, 1.54) is 7.11 Å². The Morgan fingerprint density at radius 2 is 1.90 bits per heavy atom. The molecule has 1 fully saturated rings. The predicted molar refractivity (Wildman–Crippen MR) is 79.8 cm³/mol. The molecule has 0 atom stereocenters. The van der Waals surface area contributed by atoms with Crippen molar-refractivity contribution in [2.45, 2.75) is 24.3 Å². The Morgan fingerprint density at radius 3 is 2.43 bits per heavy atom. The topological polar surface area (TPSA) is 81.9 Å². The minimum atomic E-state index is -3.83. The minimum absolute atomic E-state index is 0.0174. The van der Waals surface area contributed by atoms with Crippen molar-refractivity contribution in [3.8, 4) is 5.75 Å². The molecular weight excluding hydrogens is 292 g/mol. The third-order valence-electron chi connectivity index (χ3n) is 3.98. The standard InChI is InChI=1S/C14H22N2O4S/c1-14(2,16-6-8-20-9-7-16)11-4-5-12(19-3)13(10-11)21(15,17)18/h4-5,10H,6-9H2,1-3H3,(H2,15,17,18). The van der Waals surface area contributed by atoms with Crippen LogP contribution < -0.4 is 9.88 Å². The summed E-state index contributed by atoms with van der Waals surface area (Å²) in [6, 6.07) is 5.13. The van der Waals surface area contributed by atoms with E-state index in [1.54, 1.807) is 12.1 Å². The van der Waals surface area contributed by atoms with Gasteiger partial charge in [-0.2, -0.15) is 0 Å². The first-order chi connectivity index (χ1) is 9.76. The fourth-order valence-electron chi connectivity index (χ4n) is 2.58. The van der Waals surface area contributed by atoms with Crippen molar-refractivity contribution in [2.24, 2.45) is 5.14 Å². The monoisotopic (exact) mass is 314 g/mol. The molecule has 21 heavy (non-hydrogen) atoms. The summed E-state index contributed by atoms with van der Waals surface area (Å²) in [6.45, 7) is 7.11. The van der Waals surface area contributed by atoms with E-state index in [-0.39, 0.29) is 16.2 Å². The van der Waals surface area contributed by atoms with Gasteiger partial charge >= 0.3 is 0 Å². The number of benzene rings is 1. The summed E-state index contributed by atoms with van der Waals surface area (Å²) in [5.41, 5.74) is 0.574. The molecule has 0 aliphatic carbocycles.